The summed E-state index contributed by atoms with van der Waals surface area (Å²) in [6, 6.07) is 0. The van der Waals surface area contributed by atoms with Crippen LogP contribution in [0.25, 0.3) is 11.4 Å². The second-order valence-corrected chi connectivity index (χ2v) is 4.99. The zero-order valence-corrected chi connectivity index (χ0v) is 9.70. The fourth-order valence-corrected chi connectivity index (χ4v) is 2.72. The molecule has 3 rings (SSSR count). The monoisotopic (exact) mass is 236 g/mol. The summed E-state index contributed by atoms with van der Waals surface area (Å²) in [5, 5.41) is 17.3. The van der Waals surface area contributed by atoms with Crippen molar-refractivity contribution in [3.8, 4) is 11.4 Å². The summed E-state index contributed by atoms with van der Waals surface area (Å²) in [5.41, 5.74) is 2.21. The molecule has 1 aliphatic carbocycles. The summed E-state index contributed by atoms with van der Waals surface area (Å²) in [6.45, 7) is 2.04. The van der Waals surface area contributed by atoms with Crippen molar-refractivity contribution in [3.05, 3.63) is 22.2 Å². The molecule has 0 bridgehead atoms. The van der Waals surface area contributed by atoms with Gasteiger partial charge in [-0.15, -0.1) is 0 Å². The van der Waals surface area contributed by atoms with Crippen LogP contribution in [-0.2, 0) is 0 Å². The molecule has 2 aromatic rings. The molecule has 1 aliphatic rings. The summed E-state index contributed by atoms with van der Waals surface area (Å²) in [5.74, 6) is 1.57. The molecule has 1 saturated carbocycles. The molecule has 4 nitrogen and oxygen atoms in total. The van der Waals surface area contributed by atoms with Gasteiger partial charge in [-0.3, -0.25) is 0 Å². The molecule has 0 atom stereocenters. The summed E-state index contributed by atoms with van der Waals surface area (Å²) >= 11 is 1.64. The van der Waals surface area contributed by atoms with Crippen molar-refractivity contribution in [2.45, 2.75) is 31.8 Å². The molecule has 1 fully saturated rings. The number of aryl methyl sites for hydroxylation is 1. The number of rotatable bonds is 2. The minimum absolute atomic E-state index is 0.191. The van der Waals surface area contributed by atoms with Crippen LogP contribution >= 0.6 is 11.3 Å². The van der Waals surface area contributed by atoms with E-state index < -0.39 is 0 Å². The Balaban J connectivity index is 1.86. The van der Waals surface area contributed by atoms with Crippen LogP contribution in [-0.4, -0.2) is 21.4 Å². The average molecular weight is 236 g/mol. The summed E-state index contributed by atoms with van der Waals surface area (Å²) < 4.78 is 5.23. The zero-order chi connectivity index (χ0) is 11.1. The average Bonchev–Trinajstić information content (AvgIpc) is 2.81. The molecule has 16 heavy (non-hydrogen) atoms. The normalized spacial score (nSPS) is 24.4. The third-order valence-electron chi connectivity index (χ3n) is 3.00. The Morgan fingerprint density at radius 2 is 2.25 bits per heavy atom. The standard InChI is InChI=1S/C11H12N2O2S/c1-6-4-16-5-9(6)10-12-11(15-13-10)7-2-8(14)3-7/h4-5,7-8,14H,2-3H2,1H3. The molecule has 5 heteroatoms. The maximum atomic E-state index is 9.23. The Bertz CT molecular complexity index is 500. The summed E-state index contributed by atoms with van der Waals surface area (Å²) in [4.78, 5) is 4.39. The minimum atomic E-state index is -0.191. The van der Waals surface area contributed by atoms with Gasteiger partial charge >= 0.3 is 0 Å². The number of hydrogen-bond acceptors (Lipinski definition) is 5. The van der Waals surface area contributed by atoms with Crippen molar-refractivity contribution in [1.82, 2.24) is 10.1 Å². The number of thiophene rings is 1. The first-order valence-electron chi connectivity index (χ1n) is 5.29. The lowest BCUT2D eigenvalue weighted by Gasteiger charge is -2.27. The number of aromatic nitrogens is 2. The summed E-state index contributed by atoms with van der Waals surface area (Å²) in [6.07, 6.45) is 1.29. The van der Waals surface area contributed by atoms with Gasteiger partial charge < -0.3 is 9.63 Å². The van der Waals surface area contributed by atoms with Crippen LogP contribution in [0.15, 0.2) is 15.3 Å². The first kappa shape index (κ1) is 9.99. The quantitative estimate of drug-likeness (QED) is 0.869. The molecule has 0 spiro atoms. The topological polar surface area (TPSA) is 59.2 Å². The lowest BCUT2D eigenvalue weighted by atomic mass is 9.82. The Kier molecular flexibility index (Phi) is 2.29. The van der Waals surface area contributed by atoms with Gasteiger partial charge in [0.1, 0.15) is 0 Å². The highest BCUT2D eigenvalue weighted by Gasteiger charge is 2.33. The van der Waals surface area contributed by atoms with E-state index in [-0.39, 0.29) is 12.0 Å². The predicted octanol–water partition coefficient (Wildman–Crippen LogP) is 2.34. The van der Waals surface area contributed by atoms with Gasteiger partial charge in [-0.05, 0) is 30.7 Å². The van der Waals surface area contributed by atoms with Crippen molar-refractivity contribution < 1.29 is 9.63 Å². The van der Waals surface area contributed by atoms with Gasteiger partial charge in [-0.25, -0.2) is 0 Å². The Hall–Kier alpha value is -1.20. The van der Waals surface area contributed by atoms with Crippen LogP contribution in [0.1, 0.15) is 30.2 Å². The Morgan fingerprint density at radius 1 is 1.44 bits per heavy atom. The van der Waals surface area contributed by atoms with Gasteiger partial charge in [-0.1, -0.05) is 5.16 Å². The largest absolute Gasteiger partial charge is 0.393 e. The first-order valence-corrected chi connectivity index (χ1v) is 6.23. The van der Waals surface area contributed by atoms with Gasteiger partial charge in [0, 0.05) is 16.9 Å². The van der Waals surface area contributed by atoms with Crippen molar-refractivity contribution in [3.63, 3.8) is 0 Å². The molecule has 0 unspecified atom stereocenters. The molecule has 0 aromatic carbocycles. The fraction of sp³-hybridized carbons (Fsp3) is 0.455. The second-order valence-electron chi connectivity index (χ2n) is 4.25. The van der Waals surface area contributed by atoms with E-state index in [1.807, 2.05) is 12.3 Å². The third kappa shape index (κ3) is 1.56. The van der Waals surface area contributed by atoms with E-state index in [0.717, 1.165) is 18.4 Å². The second kappa shape index (κ2) is 3.68. The smallest absolute Gasteiger partial charge is 0.230 e. The van der Waals surface area contributed by atoms with Gasteiger partial charge in [0.05, 0.1) is 6.10 Å². The van der Waals surface area contributed by atoms with Crippen molar-refractivity contribution in [1.29, 1.82) is 0 Å². The summed E-state index contributed by atoms with van der Waals surface area (Å²) in [7, 11) is 0. The highest BCUT2D eigenvalue weighted by atomic mass is 32.1. The highest BCUT2D eigenvalue weighted by molar-refractivity contribution is 7.08. The van der Waals surface area contributed by atoms with E-state index in [4.69, 9.17) is 4.52 Å². The van der Waals surface area contributed by atoms with Crippen molar-refractivity contribution in [2.24, 2.45) is 0 Å². The van der Waals surface area contributed by atoms with Gasteiger partial charge in [0.15, 0.2) is 0 Å². The Labute approximate surface area is 96.9 Å². The van der Waals surface area contributed by atoms with Crippen LogP contribution in [0.3, 0.4) is 0 Å². The molecule has 0 saturated heterocycles. The number of nitrogens with zero attached hydrogens (tertiary/aromatic N) is 2. The molecule has 0 radical (unpaired) electrons. The molecule has 0 amide bonds. The van der Waals surface area contributed by atoms with E-state index >= 15 is 0 Å². The molecule has 2 heterocycles. The van der Waals surface area contributed by atoms with Crippen LogP contribution in [0, 0.1) is 6.92 Å². The fourth-order valence-electron chi connectivity index (χ4n) is 1.89. The molecular weight excluding hydrogens is 224 g/mol. The van der Waals surface area contributed by atoms with Gasteiger partial charge in [0.2, 0.25) is 11.7 Å². The zero-order valence-electron chi connectivity index (χ0n) is 8.88. The molecular formula is C11H12N2O2S. The van der Waals surface area contributed by atoms with Crippen LogP contribution < -0.4 is 0 Å². The van der Waals surface area contributed by atoms with Crippen LogP contribution in [0.5, 0.6) is 0 Å². The molecule has 2 aromatic heterocycles. The van der Waals surface area contributed by atoms with E-state index in [9.17, 15) is 5.11 Å². The van der Waals surface area contributed by atoms with E-state index in [0.29, 0.717) is 11.7 Å². The van der Waals surface area contributed by atoms with Crippen molar-refractivity contribution >= 4 is 11.3 Å². The Morgan fingerprint density at radius 3 is 2.88 bits per heavy atom. The minimum Gasteiger partial charge on any atom is -0.393 e. The van der Waals surface area contributed by atoms with Crippen molar-refractivity contribution in [2.75, 3.05) is 0 Å². The lowest BCUT2D eigenvalue weighted by Crippen LogP contribution is -2.26. The molecule has 1 N–H and O–H groups in total. The third-order valence-corrected chi connectivity index (χ3v) is 3.86. The molecule has 84 valence electrons. The van der Waals surface area contributed by atoms with Crippen LogP contribution in [0.2, 0.25) is 0 Å². The maximum Gasteiger partial charge on any atom is 0.230 e. The first-order chi connectivity index (χ1) is 7.74. The molecule has 0 aliphatic heterocycles. The lowest BCUT2D eigenvalue weighted by molar-refractivity contribution is 0.0625. The predicted molar refractivity (Wildman–Crippen MR) is 60.3 cm³/mol. The van der Waals surface area contributed by atoms with E-state index in [1.165, 1.54) is 5.56 Å². The van der Waals surface area contributed by atoms with Crippen LogP contribution in [0.4, 0.5) is 0 Å². The van der Waals surface area contributed by atoms with Gasteiger partial charge in [0.25, 0.3) is 0 Å². The number of hydrogen-bond donors (Lipinski definition) is 1. The van der Waals surface area contributed by atoms with E-state index in [1.54, 1.807) is 11.3 Å². The maximum absolute atomic E-state index is 9.23. The SMILES string of the molecule is Cc1cscc1-c1noc(C2CC(O)C2)n1. The van der Waals surface area contributed by atoms with Gasteiger partial charge in [-0.2, -0.15) is 16.3 Å². The highest BCUT2D eigenvalue weighted by Crippen LogP contribution is 2.36. The van der Waals surface area contributed by atoms with E-state index in [2.05, 4.69) is 15.5 Å². The number of aliphatic hydroxyl groups is 1. The number of aliphatic hydroxyl groups excluding tert-OH is 1.